The van der Waals surface area contributed by atoms with Gasteiger partial charge in [-0.25, -0.2) is 8.42 Å². The molecule has 0 heterocycles. The molecule has 1 aromatic rings. The first-order valence-corrected chi connectivity index (χ1v) is 8.72. The van der Waals surface area contributed by atoms with Gasteiger partial charge in [-0.2, -0.15) is 0 Å². The monoisotopic (exact) mass is 402 g/mol. The third-order valence-corrected chi connectivity index (χ3v) is 4.55. The third-order valence-electron chi connectivity index (χ3n) is 2.21. The third kappa shape index (κ3) is 5.73. The lowest BCUT2D eigenvalue weighted by Gasteiger charge is -2.09. The zero-order valence-corrected chi connectivity index (χ0v) is 13.8. The molecule has 1 rings (SSSR count). The zero-order chi connectivity index (χ0) is 13.6. The van der Waals surface area contributed by atoms with Gasteiger partial charge in [0.2, 0.25) is 10.0 Å². The van der Waals surface area contributed by atoms with Crippen molar-refractivity contribution in [3.8, 4) is 0 Å². The van der Waals surface area contributed by atoms with Crippen LogP contribution in [0.1, 0.15) is 13.3 Å². The summed E-state index contributed by atoms with van der Waals surface area (Å²) in [6.07, 6.45) is 0.575. The van der Waals surface area contributed by atoms with Crippen molar-refractivity contribution >= 4 is 49.9 Å². The number of rotatable bonds is 7. The van der Waals surface area contributed by atoms with Crippen molar-refractivity contribution in [1.29, 1.82) is 0 Å². The van der Waals surface area contributed by atoms with Crippen LogP contribution in [0.2, 0.25) is 5.02 Å². The quantitative estimate of drug-likeness (QED) is 0.544. The molecule has 102 valence electrons. The molecule has 1 aromatic carbocycles. The van der Waals surface area contributed by atoms with Crippen molar-refractivity contribution < 1.29 is 8.42 Å². The molecule has 7 heteroatoms. The van der Waals surface area contributed by atoms with E-state index in [-0.39, 0.29) is 5.75 Å². The SMILES string of the molecule is CCNCCCS(=O)(=O)Nc1ccc(I)cc1Cl. The highest BCUT2D eigenvalue weighted by Crippen LogP contribution is 2.24. The van der Waals surface area contributed by atoms with E-state index in [0.717, 1.165) is 10.1 Å². The van der Waals surface area contributed by atoms with Crippen molar-refractivity contribution in [3.63, 3.8) is 0 Å². The summed E-state index contributed by atoms with van der Waals surface area (Å²) in [7, 11) is -3.33. The van der Waals surface area contributed by atoms with Gasteiger partial charge in [0.25, 0.3) is 0 Å². The van der Waals surface area contributed by atoms with E-state index in [1.54, 1.807) is 12.1 Å². The predicted molar refractivity (Wildman–Crippen MR) is 84.7 cm³/mol. The van der Waals surface area contributed by atoms with Crippen LogP contribution >= 0.6 is 34.2 Å². The molecule has 0 unspecified atom stereocenters. The van der Waals surface area contributed by atoms with Crippen LogP contribution in [0.15, 0.2) is 18.2 Å². The summed E-state index contributed by atoms with van der Waals surface area (Å²) in [5, 5.41) is 3.50. The van der Waals surface area contributed by atoms with Crippen LogP contribution in [0.4, 0.5) is 5.69 Å². The first-order valence-electron chi connectivity index (χ1n) is 5.61. The molecule has 0 saturated heterocycles. The van der Waals surface area contributed by atoms with E-state index in [9.17, 15) is 8.42 Å². The molecule has 0 aliphatic heterocycles. The zero-order valence-electron chi connectivity index (χ0n) is 10.0. The van der Waals surface area contributed by atoms with Crippen LogP contribution < -0.4 is 10.0 Å². The molecule has 0 atom stereocenters. The van der Waals surface area contributed by atoms with E-state index in [1.165, 1.54) is 0 Å². The number of anilines is 1. The Kier molecular flexibility index (Phi) is 6.68. The Bertz CT molecular complexity index is 494. The number of hydrogen-bond acceptors (Lipinski definition) is 3. The number of halogens is 2. The maximum Gasteiger partial charge on any atom is 0.232 e. The molecule has 4 nitrogen and oxygen atoms in total. The van der Waals surface area contributed by atoms with Crippen LogP contribution in [0.25, 0.3) is 0 Å². The molecule has 0 aliphatic rings. The van der Waals surface area contributed by atoms with Crippen molar-refractivity contribution in [1.82, 2.24) is 5.32 Å². The first-order chi connectivity index (χ1) is 8.44. The molecule has 18 heavy (non-hydrogen) atoms. The molecule has 0 fully saturated rings. The van der Waals surface area contributed by atoms with E-state index in [0.29, 0.717) is 23.7 Å². The molecule has 0 aromatic heterocycles. The fraction of sp³-hybridized carbons (Fsp3) is 0.455. The predicted octanol–water partition coefficient (Wildman–Crippen LogP) is 2.69. The van der Waals surface area contributed by atoms with Gasteiger partial charge >= 0.3 is 0 Å². The lowest BCUT2D eigenvalue weighted by molar-refractivity contribution is 0.595. The van der Waals surface area contributed by atoms with E-state index in [4.69, 9.17) is 11.6 Å². The molecular formula is C11H16ClIN2O2S. The molecule has 0 spiro atoms. The fourth-order valence-corrected chi connectivity index (χ4v) is 3.45. The Morgan fingerprint density at radius 1 is 1.39 bits per heavy atom. The van der Waals surface area contributed by atoms with Gasteiger partial charge in [0.05, 0.1) is 16.5 Å². The van der Waals surface area contributed by atoms with Crippen LogP contribution in [-0.4, -0.2) is 27.3 Å². The van der Waals surface area contributed by atoms with E-state index < -0.39 is 10.0 Å². The van der Waals surface area contributed by atoms with Gasteiger partial charge in [-0.15, -0.1) is 0 Å². The topological polar surface area (TPSA) is 58.2 Å². The van der Waals surface area contributed by atoms with Gasteiger partial charge < -0.3 is 5.32 Å². The van der Waals surface area contributed by atoms with Crippen molar-refractivity contribution in [2.75, 3.05) is 23.6 Å². The molecule has 0 bridgehead atoms. The van der Waals surface area contributed by atoms with Gasteiger partial charge in [-0.3, -0.25) is 4.72 Å². The Hall–Kier alpha value is -0.0500. The number of nitrogens with one attached hydrogen (secondary N) is 2. The number of benzene rings is 1. The Morgan fingerprint density at radius 3 is 2.72 bits per heavy atom. The summed E-state index contributed by atoms with van der Waals surface area (Å²) in [5.74, 6) is 0.0856. The molecular weight excluding hydrogens is 387 g/mol. The second kappa shape index (κ2) is 7.52. The summed E-state index contributed by atoms with van der Waals surface area (Å²) in [6, 6.07) is 5.20. The van der Waals surface area contributed by atoms with Crippen LogP contribution in [0, 0.1) is 3.57 Å². The van der Waals surface area contributed by atoms with Crippen LogP contribution in [0.3, 0.4) is 0 Å². The van der Waals surface area contributed by atoms with Crippen molar-refractivity contribution in [2.24, 2.45) is 0 Å². The highest BCUT2D eigenvalue weighted by molar-refractivity contribution is 14.1. The normalized spacial score (nSPS) is 11.5. The number of hydrogen-bond donors (Lipinski definition) is 2. The van der Waals surface area contributed by atoms with Gasteiger partial charge in [-0.1, -0.05) is 18.5 Å². The number of sulfonamides is 1. The van der Waals surface area contributed by atoms with Gasteiger partial charge in [0.1, 0.15) is 0 Å². The fourth-order valence-electron chi connectivity index (χ4n) is 1.35. The summed E-state index contributed by atoms with van der Waals surface area (Å²) < 4.78 is 27.1. The largest absolute Gasteiger partial charge is 0.317 e. The van der Waals surface area contributed by atoms with Crippen molar-refractivity contribution in [3.05, 3.63) is 26.8 Å². The highest BCUT2D eigenvalue weighted by atomic mass is 127. The summed E-state index contributed by atoms with van der Waals surface area (Å²) in [5.41, 5.74) is 0.431. The molecule has 0 aliphatic carbocycles. The second-order valence-corrected chi connectivity index (χ2v) is 7.25. The molecule has 2 N–H and O–H groups in total. The summed E-state index contributed by atoms with van der Waals surface area (Å²) in [4.78, 5) is 0. The minimum Gasteiger partial charge on any atom is -0.317 e. The van der Waals surface area contributed by atoms with Crippen LogP contribution in [-0.2, 0) is 10.0 Å². The molecule has 0 amide bonds. The summed E-state index contributed by atoms with van der Waals surface area (Å²) >= 11 is 8.10. The van der Waals surface area contributed by atoms with E-state index in [2.05, 4.69) is 32.6 Å². The highest BCUT2D eigenvalue weighted by Gasteiger charge is 2.12. The van der Waals surface area contributed by atoms with Gasteiger partial charge in [-0.05, 0) is 60.3 Å². The standard InChI is InChI=1S/C11H16ClIN2O2S/c1-2-14-6-3-7-18(16,17)15-11-5-4-9(13)8-10(11)12/h4-5,8,14-15H,2-3,6-7H2,1H3. The lowest BCUT2D eigenvalue weighted by atomic mass is 10.3. The second-order valence-electron chi connectivity index (χ2n) is 3.75. The summed E-state index contributed by atoms with van der Waals surface area (Å²) in [6.45, 7) is 3.52. The smallest absolute Gasteiger partial charge is 0.232 e. The van der Waals surface area contributed by atoms with Gasteiger partial charge in [0, 0.05) is 3.57 Å². The Balaban J connectivity index is 2.59. The minimum absolute atomic E-state index is 0.0856. The first kappa shape index (κ1) is 16.0. The molecule has 0 saturated carbocycles. The average molecular weight is 403 g/mol. The van der Waals surface area contributed by atoms with Crippen LogP contribution in [0.5, 0.6) is 0 Å². The maximum atomic E-state index is 11.8. The average Bonchev–Trinajstić information content (AvgIpc) is 2.28. The Labute approximate surface area is 127 Å². The van der Waals surface area contributed by atoms with E-state index in [1.807, 2.05) is 13.0 Å². The van der Waals surface area contributed by atoms with Gasteiger partial charge in [0.15, 0.2) is 0 Å². The minimum atomic E-state index is -3.33. The molecule has 0 radical (unpaired) electrons. The van der Waals surface area contributed by atoms with E-state index >= 15 is 0 Å². The Morgan fingerprint density at radius 2 is 2.11 bits per heavy atom. The maximum absolute atomic E-state index is 11.8. The van der Waals surface area contributed by atoms with Crippen molar-refractivity contribution in [2.45, 2.75) is 13.3 Å². The lowest BCUT2D eigenvalue weighted by Crippen LogP contribution is -2.22.